The van der Waals surface area contributed by atoms with Crippen molar-refractivity contribution >= 4 is 7.82 Å². The molecule has 0 aromatic carbocycles. The summed E-state index contributed by atoms with van der Waals surface area (Å²) in [4.78, 5) is 0. The van der Waals surface area contributed by atoms with E-state index < -0.39 is 64.7 Å². The Balaban J connectivity index is 5.21. The highest BCUT2D eigenvalue weighted by molar-refractivity contribution is 7.48. The van der Waals surface area contributed by atoms with Crippen LogP contribution in [0.4, 0.5) is 52.7 Å². The van der Waals surface area contributed by atoms with Gasteiger partial charge in [-0.05, 0) is 0 Å². The molecule has 0 bridgehead atoms. The molecule has 3 atom stereocenters. The molecule has 0 N–H and O–H groups in total. The van der Waals surface area contributed by atoms with Crippen molar-refractivity contribution in [3.63, 3.8) is 0 Å². The zero-order chi connectivity index (χ0) is 21.0. The largest absolute Gasteiger partial charge is 0.482 e. The molecule has 0 aliphatic rings. The SMILES string of the molecule is O=P(OC(F)CC(F)(F)F)(OC(F)CC(F)(F)F)OC(F)CC(F)(F)F. The molecule has 0 spiro atoms. The molecular weight excluding hydrogens is 431 g/mol. The van der Waals surface area contributed by atoms with Gasteiger partial charge in [-0.1, -0.05) is 0 Å². The van der Waals surface area contributed by atoms with Gasteiger partial charge in [-0.2, -0.15) is 39.5 Å². The molecule has 0 fully saturated rings. The molecule has 158 valence electrons. The van der Waals surface area contributed by atoms with Crippen LogP contribution in [0, 0.1) is 0 Å². The van der Waals surface area contributed by atoms with E-state index in [0.29, 0.717) is 0 Å². The topological polar surface area (TPSA) is 44.8 Å². The molecule has 0 saturated carbocycles. The smallest absolute Gasteiger partial charge is 0.251 e. The van der Waals surface area contributed by atoms with E-state index in [1.165, 1.54) is 0 Å². The van der Waals surface area contributed by atoms with Gasteiger partial charge in [0, 0.05) is 0 Å². The van der Waals surface area contributed by atoms with Crippen LogP contribution in [0.15, 0.2) is 0 Å². The number of hydrogen-bond acceptors (Lipinski definition) is 4. The Labute approximate surface area is 137 Å². The van der Waals surface area contributed by atoms with Gasteiger partial charge in [0.1, 0.15) is 19.3 Å². The Hall–Kier alpha value is -0.730. The van der Waals surface area contributed by atoms with Gasteiger partial charge >= 0.3 is 26.4 Å². The summed E-state index contributed by atoms with van der Waals surface area (Å²) >= 11 is 0. The minimum Gasteiger partial charge on any atom is -0.251 e. The van der Waals surface area contributed by atoms with Gasteiger partial charge in [0.05, 0.1) is 0 Å². The van der Waals surface area contributed by atoms with Crippen LogP contribution in [-0.2, 0) is 18.1 Å². The van der Waals surface area contributed by atoms with E-state index >= 15 is 0 Å². The molecule has 0 aliphatic heterocycles. The Kier molecular flexibility index (Phi) is 8.72. The molecule has 0 aromatic heterocycles. The van der Waals surface area contributed by atoms with E-state index in [1.54, 1.807) is 0 Å². The van der Waals surface area contributed by atoms with Crippen LogP contribution < -0.4 is 0 Å². The maximum absolute atomic E-state index is 13.0. The summed E-state index contributed by atoms with van der Waals surface area (Å²) in [6.07, 6.45) is -34.9. The van der Waals surface area contributed by atoms with Crippen molar-refractivity contribution in [1.82, 2.24) is 0 Å². The first-order chi connectivity index (χ1) is 11.3. The molecule has 0 heterocycles. The van der Waals surface area contributed by atoms with Crippen molar-refractivity contribution in [1.29, 1.82) is 0 Å². The standard InChI is InChI=1S/C9H9F12O4P/c10-4(1-7(13,14)15)23-26(22,24-5(11)2-8(16,17)18)25-6(12)3-9(19,20)21/h4-6H,1-3H2. The monoisotopic (exact) mass is 440 g/mol. The zero-order valence-corrected chi connectivity index (χ0v) is 12.9. The normalized spacial score (nSPS) is 19.7. The van der Waals surface area contributed by atoms with Crippen molar-refractivity contribution in [2.75, 3.05) is 0 Å². The first-order valence-corrected chi connectivity index (χ1v) is 7.54. The number of halogens is 12. The molecule has 0 aromatic rings. The quantitative estimate of drug-likeness (QED) is 0.332. The third kappa shape index (κ3) is 13.5. The van der Waals surface area contributed by atoms with Crippen LogP contribution in [0.3, 0.4) is 0 Å². The molecule has 3 unspecified atom stereocenters. The maximum Gasteiger partial charge on any atom is 0.482 e. The third-order valence-electron chi connectivity index (χ3n) is 1.91. The summed E-state index contributed by atoms with van der Waals surface area (Å²) in [5, 5.41) is 0. The predicted molar refractivity (Wildman–Crippen MR) is 57.6 cm³/mol. The highest BCUT2D eigenvalue weighted by Gasteiger charge is 2.45. The molecule has 0 aliphatic carbocycles. The number of phosphoric acid groups is 1. The Morgan fingerprint density at radius 3 is 0.923 bits per heavy atom. The van der Waals surface area contributed by atoms with Gasteiger partial charge in [-0.15, -0.1) is 0 Å². The van der Waals surface area contributed by atoms with Gasteiger partial charge in [-0.25, -0.2) is 17.7 Å². The van der Waals surface area contributed by atoms with E-state index in [2.05, 4.69) is 13.6 Å². The molecular formula is C9H9F12O4P. The van der Waals surface area contributed by atoms with Crippen molar-refractivity contribution in [3.8, 4) is 0 Å². The fourth-order valence-corrected chi connectivity index (χ4v) is 2.37. The van der Waals surface area contributed by atoms with Crippen LogP contribution in [-0.4, -0.2) is 37.6 Å². The van der Waals surface area contributed by atoms with Crippen molar-refractivity contribution in [3.05, 3.63) is 0 Å². The minimum atomic E-state index is -6.27. The average molecular weight is 440 g/mol. The maximum atomic E-state index is 13.0. The van der Waals surface area contributed by atoms with E-state index in [-0.39, 0.29) is 0 Å². The van der Waals surface area contributed by atoms with E-state index in [4.69, 9.17) is 0 Å². The van der Waals surface area contributed by atoms with Crippen LogP contribution in [0.25, 0.3) is 0 Å². The van der Waals surface area contributed by atoms with Gasteiger partial charge in [0.25, 0.3) is 0 Å². The molecule has 4 nitrogen and oxygen atoms in total. The summed E-state index contributed by atoms with van der Waals surface area (Å²) < 4.78 is 168. The summed E-state index contributed by atoms with van der Waals surface area (Å²) in [6, 6.07) is 0. The molecule has 0 amide bonds. The van der Waals surface area contributed by atoms with Crippen LogP contribution in [0.5, 0.6) is 0 Å². The number of phosphoric ester groups is 1. The zero-order valence-electron chi connectivity index (χ0n) is 12.0. The van der Waals surface area contributed by atoms with Gasteiger partial charge in [0.15, 0.2) is 0 Å². The van der Waals surface area contributed by atoms with Crippen molar-refractivity contribution < 1.29 is 70.8 Å². The van der Waals surface area contributed by atoms with Crippen LogP contribution >= 0.6 is 7.82 Å². The second-order valence-electron chi connectivity index (χ2n) is 4.45. The van der Waals surface area contributed by atoms with E-state index in [0.717, 1.165) is 0 Å². The van der Waals surface area contributed by atoms with Gasteiger partial charge < -0.3 is 0 Å². The van der Waals surface area contributed by atoms with E-state index in [1.807, 2.05) is 0 Å². The molecule has 17 heteroatoms. The van der Waals surface area contributed by atoms with Crippen molar-refractivity contribution in [2.24, 2.45) is 0 Å². The molecule has 26 heavy (non-hydrogen) atoms. The lowest BCUT2D eigenvalue weighted by Gasteiger charge is -2.24. The minimum absolute atomic E-state index is 2.57. The van der Waals surface area contributed by atoms with Gasteiger partial charge in [-0.3, -0.25) is 13.6 Å². The third-order valence-corrected chi connectivity index (χ3v) is 3.37. The van der Waals surface area contributed by atoms with Crippen molar-refractivity contribution in [2.45, 2.75) is 56.9 Å². The van der Waals surface area contributed by atoms with Crippen LogP contribution in [0.2, 0.25) is 0 Å². The predicted octanol–water partition coefficient (Wildman–Crippen LogP) is 5.89. The second-order valence-corrected chi connectivity index (χ2v) is 5.98. The summed E-state index contributed by atoms with van der Waals surface area (Å²) in [5.74, 6) is 0. The summed E-state index contributed by atoms with van der Waals surface area (Å²) in [6.45, 7) is 0. The average Bonchev–Trinajstić information content (AvgIpc) is 2.16. The first-order valence-electron chi connectivity index (χ1n) is 6.08. The first kappa shape index (κ1) is 25.3. The Bertz CT molecular complexity index is 408. The highest BCUT2D eigenvalue weighted by Crippen LogP contribution is 2.55. The summed E-state index contributed by atoms with van der Waals surface area (Å²) in [7, 11) is -6.27. The highest BCUT2D eigenvalue weighted by atomic mass is 31.2. The van der Waals surface area contributed by atoms with Gasteiger partial charge in [0.2, 0.25) is 19.1 Å². The Morgan fingerprint density at radius 2 is 0.769 bits per heavy atom. The van der Waals surface area contributed by atoms with E-state index in [9.17, 15) is 57.3 Å². The molecule has 0 rings (SSSR count). The molecule has 0 saturated heterocycles. The fraction of sp³-hybridized carbons (Fsp3) is 1.00. The number of alkyl halides is 12. The molecule has 0 radical (unpaired) electrons. The lowest BCUT2D eigenvalue weighted by Crippen LogP contribution is -2.24. The lowest BCUT2D eigenvalue weighted by atomic mass is 10.4. The number of hydrogen-bond donors (Lipinski definition) is 0. The van der Waals surface area contributed by atoms with Crippen LogP contribution in [0.1, 0.15) is 19.3 Å². The number of rotatable bonds is 9. The lowest BCUT2D eigenvalue weighted by molar-refractivity contribution is -0.187. The second kappa shape index (κ2) is 8.97. The fourth-order valence-electron chi connectivity index (χ4n) is 1.15. The summed E-state index contributed by atoms with van der Waals surface area (Å²) in [5.41, 5.74) is 0. The Morgan fingerprint density at radius 1 is 0.577 bits per heavy atom.